The second-order valence-corrected chi connectivity index (χ2v) is 6.62. The molecular weight excluding hydrogens is 220 g/mol. The Morgan fingerprint density at radius 1 is 1.12 bits per heavy atom. The Hall–Kier alpha value is 0.250. The van der Waals surface area contributed by atoms with Crippen LogP contribution in [0.2, 0.25) is 0 Å². The van der Waals surface area contributed by atoms with Crippen molar-refractivity contribution in [2.75, 3.05) is 6.61 Å². The lowest BCUT2D eigenvalue weighted by atomic mass is 9.58. The average molecular weight is 243 g/mol. The van der Waals surface area contributed by atoms with Crippen LogP contribution in [0.5, 0.6) is 0 Å². The highest BCUT2D eigenvalue weighted by atomic mass is 35.5. The normalized spacial score (nSPS) is 37.3. The number of rotatable bonds is 4. The maximum absolute atomic E-state index is 6.45. The van der Waals surface area contributed by atoms with E-state index in [1.807, 2.05) is 0 Å². The Balaban J connectivity index is 1.49. The van der Waals surface area contributed by atoms with Gasteiger partial charge in [-0.2, -0.15) is 0 Å². The standard InChI is InChI=1S/C14H23ClO/c15-12-10-13(16-9-6-11-4-5-11)14(12)7-2-1-3-8-14/h11-13H,1-10H2. The van der Waals surface area contributed by atoms with E-state index in [1.54, 1.807) is 0 Å². The topological polar surface area (TPSA) is 9.23 Å². The second-order valence-electron chi connectivity index (χ2n) is 6.09. The van der Waals surface area contributed by atoms with E-state index in [1.165, 1.54) is 51.4 Å². The zero-order chi connectivity index (χ0) is 11.0. The molecule has 0 bridgehead atoms. The molecule has 0 aromatic heterocycles. The number of hydrogen-bond donors (Lipinski definition) is 0. The van der Waals surface area contributed by atoms with Crippen LogP contribution in [0.1, 0.15) is 57.8 Å². The maximum atomic E-state index is 6.45. The molecule has 0 N–H and O–H groups in total. The summed E-state index contributed by atoms with van der Waals surface area (Å²) in [6, 6.07) is 0. The Labute approximate surface area is 104 Å². The summed E-state index contributed by atoms with van der Waals surface area (Å²) in [4.78, 5) is 0. The van der Waals surface area contributed by atoms with Crippen LogP contribution in [0.25, 0.3) is 0 Å². The van der Waals surface area contributed by atoms with Gasteiger partial charge < -0.3 is 4.74 Å². The Morgan fingerprint density at radius 3 is 2.50 bits per heavy atom. The molecule has 3 rings (SSSR count). The van der Waals surface area contributed by atoms with Crippen LogP contribution in [-0.4, -0.2) is 18.1 Å². The summed E-state index contributed by atoms with van der Waals surface area (Å²) < 4.78 is 6.11. The predicted molar refractivity (Wildman–Crippen MR) is 66.9 cm³/mol. The molecule has 0 heterocycles. The van der Waals surface area contributed by atoms with Crippen molar-refractivity contribution in [3.05, 3.63) is 0 Å². The van der Waals surface area contributed by atoms with Crippen molar-refractivity contribution in [1.82, 2.24) is 0 Å². The first-order chi connectivity index (χ1) is 7.81. The van der Waals surface area contributed by atoms with Gasteiger partial charge in [-0.1, -0.05) is 32.1 Å². The number of halogens is 1. The SMILES string of the molecule is ClC1CC(OCCC2CC2)C12CCCCC2. The maximum Gasteiger partial charge on any atom is 0.0659 e. The highest BCUT2D eigenvalue weighted by molar-refractivity contribution is 6.21. The molecule has 0 aromatic carbocycles. The summed E-state index contributed by atoms with van der Waals surface area (Å²) in [6.07, 6.45) is 12.5. The number of hydrogen-bond acceptors (Lipinski definition) is 1. The van der Waals surface area contributed by atoms with Gasteiger partial charge in [-0.05, 0) is 31.6 Å². The molecular formula is C14H23ClO. The third-order valence-corrected chi connectivity index (χ3v) is 5.63. The van der Waals surface area contributed by atoms with Gasteiger partial charge in [0, 0.05) is 17.4 Å². The van der Waals surface area contributed by atoms with Crippen molar-refractivity contribution in [1.29, 1.82) is 0 Å². The van der Waals surface area contributed by atoms with Crippen molar-refractivity contribution in [3.63, 3.8) is 0 Å². The highest BCUT2D eigenvalue weighted by Crippen LogP contribution is 2.55. The summed E-state index contributed by atoms with van der Waals surface area (Å²) in [5.74, 6) is 0.995. The molecule has 92 valence electrons. The van der Waals surface area contributed by atoms with Crippen molar-refractivity contribution in [2.45, 2.75) is 69.3 Å². The van der Waals surface area contributed by atoms with E-state index in [0.29, 0.717) is 16.9 Å². The summed E-state index contributed by atoms with van der Waals surface area (Å²) in [7, 11) is 0. The lowest BCUT2D eigenvalue weighted by Gasteiger charge is -2.55. The molecule has 0 radical (unpaired) electrons. The van der Waals surface area contributed by atoms with Crippen LogP contribution in [-0.2, 0) is 4.74 Å². The first kappa shape index (κ1) is 11.3. The van der Waals surface area contributed by atoms with Gasteiger partial charge in [-0.25, -0.2) is 0 Å². The van der Waals surface area contributed by atoms with Gasteiger partial charge >= 0.3 is 0 Å². The lowest BCUT2D eigenvalue weighted by molar-refractivity contribution is -0.125. The molecule has 16 heavy (non-hydrogen) atoms. The van der Waals surface area contributed by atoms with Crippen LogP contribution in [0.15, 0.2) is 0 Å². The van der Waals surface area contributed by atoms with Gasteiger partial charge in [-0.15, -0.1) is 11.6 Å². The van der Waals surface area contributed by atoms with Crippen molar-refractivity contribution < 1.29 is 4.74 Å². The fraction of sp³-hybridized carbons (Fsp3) is 1.00. The van der Waals surface area contributed by atoms with E-state index in [0.717, 1.165) is 18.9 Å². The average Bonchev–Trinajstić information content (AvgIpc) is 3.13. The van der Waals surface area contributed by atoms with E-state index >= 15 is 0 Å². The molecule has 2 atom stereocenters. The van der Waals surface area contributed by atoms with Gasteiger partial charge in [0.25, 0.3) is 0 Å². The molecule has 2 unspecified atom stereocenters. The van der Waals surface area contributed by atoms with E-state index in [-0.39, 0.29) is 0 Å². The molecule has 3 aliphatic carbocycles. The molecule has 0 amide bonds. The molecule has 1 spiro atoms. The molecule has 0 aromatic rings. The lowest BCUT2D eigenvalue weighted by Crippen LogP contribution is -2.56. The van der Waals surface area contributed by atoms with Crippen LogP contribution >= 0.6 is 11.6 Å². The molecule has 0 saturated heterocycles. The fourth-order valence-corrected chi connectivity index (χ4v) is 4.08. The Morgan fingerprint density at radius 2 is 1.88 bits per heavy atom. The summed E-state index contributed by atoms with van der Waals surface area (Å²) >= 11 is 6.45. The molecule has 3 aliphatic rings. The van der Waals surface area contributed by atoms with Crippen molar-refractivity contribution >= 4 is 11.6 Å². The number of alkyl halides is 1. The van der Waals surface area contributed by atoms with Crippen molar-refractivity contribution in [3.8, 4) is 0 Å². The van der Waals surface area contributed by atoms with Crippen molar-refractivity contribution in [2.24, 2.45) is 11.3 Å². The van der Waals surface area contributed by atoms with Gasteiger partial charge in [0.1, 0.15) is 0 Å². The van der Waals surface area contributed by atoms with Crippen LogP contribution < -0.4 is 0 Å². The zero-order valence-electron chi connectivity index (χ0n) is 10.1. The Kier molecular flexibility index (Phi) is 3.19. The quantitative estimate of drug-likeness (QED) is 0.674. The summed E-state index contributed by atoms with van der Waals surface area (Å²) in [5, 5.41) is 0.402. The Bertz CT molecular complexity index is 243. The van der Waals surface area contributed by atoms with E-state index in [2.05, 4.69) is 0 Å². The summed E-state index contributed by atoms with van der Waals surface area (Å²) in [5.41, 5.74) is 0.378. The largest absolute Gasteiger partial charge is 0.378 e. The monoisotopic (exact) mass is 242 g/mol. The molecule has 0 aliphatic heterocycles. The predicted octanol–water partition coefficient (Wildman–Crippen LogP) is 4.13. The number of ether oxygens (including phenoxy) is 1. The van der Waals surface area contributed by atoms with E-state index in [4.69, 9.17) is 16.3 Å². The van der Waals surface area contributed by atoms with Crippen LogP contribution in [0, 0.1) is 11.3 Å². The third kappa shape index (κ3) is 2.01. The highest BCUT2D eigenvalue weighted by Gasteiger charge is 2.54. The third-order valence-electron chi connectivity index (χ3n) is 5.01. The van der Waals surface area contributed by atoms with E-state index in [9.17, 15) is 0 Å². The second kappa shape index (κ2) is 4.49. The summed E-state index contributed by atoms with van der Waals surface area (Å²) in [6.45, 7) is 0.987. The smallest absolute Gasteiger partial charge is 0.0659 e. The van der Waals surface area contributed by atoms with E-state index < -0.39 is 0 Å². The fourth-order valence-electron chi connectivity index (χ4n) is 3.56. The first-order valence-electron chi connectivity index (χ1n) is 7.07. The van der Waals surface area contributed by atoms with Gasteiger partial charge in [0.2, 0.25) is 0 Å². The minimum absolute atomic E-state index is 0.378. The van der Waals surface area contributed by atoms with Crippen LogP contribution in [0.3, 0.4) is 0 Å². The minimum atomic E-state index is 0.378. The first-order valence-corrected chi connectivity index (χ1v) is 7.50. The minimum Gasteiger partial charge on any atom is -0.378 e. The van der Waals surface area contributed by atoms with Gasteiger partial charge in [0.05, 0.1) is 6.10 Å². The zero-order valence-corrected chi connectivity index (χ0v) is 10.8. The van der Waals surface area contributed by atoms with Gasteiger partial charge in [0.15, 0.2) is 0 Å². The van der Waals surface area contributed by atoms with Crippen LogP contribution in [0.4, 0.5) is 0 Å². The molecule has 3 fully saturated rings. The van der Waals surface area contributed by atoms with Gasteiger partial charge in [-0.3, -0.25) is 0 Å². The molecule has 2 heteroatoms. The molecule has 3 saturated carbocycles. The molecule has 1 nitrogen and oxygen atoms in total.